The van der Waals surface area contributed by atoms with Crippen LogP contribution in [0.15, 0.2) is 60.9 Å². The molecular formula is C38H44N8O6. The minimum absolute atomic E-state index is 0.127. The average Bonchev–Trinajstić information content (AvgIpc) is 4.02. The minimum atomic E-state index is -0.704. The Morgan fingerprint density at radius 2 is 1.25 bits per heavy atom. The summed E-state index contributed by atoms with van der Waals surface area (Å²) in [6.45, 7) is 3.93. The lowest BCUT2D eigenvalue weighted by Gasteiger charge is -2.36. The van der Waals surface area contributed by atoms with Gasteiger partial charge in [0.25, 0.3) is 0 Å². The largest absolute Gasteiger partial charge is 0.453 e. The third-order valence-electron chi connectivity index (χ3n) is 10.7. The summed E-state index contributed by atoms with van der Waals surface area (Å²) in [6.07, 6.45) is 6.92. The molecule has 7 rings (SSSR count). The number of carbonyl (C=O) groups is 4. The molecule has 2 aliphatic heterocycles. The van der Waals surface area contributed by atoms with Gasteiger partial charge in [-0.1, -0.05) is 48.5 Å². The number of methoxy groups -OCH3 is 2. The smallest absolute Gasteiger partial charge is 0.407 e. The maximum atomic E-state index is 13.4. The number of H-pyrrole nitrogens is 2. The van der Waals surface area contributed by atoms with Crippen LogP contribution in [-0.2, 0) is 19.1 Å². The summed E-state index contributed by atoms with van der Waals surface area (Å²) in [6, 6.07) is 14.9. The van der Waals surface area contributed by atoms with Gasteiger partial charge in [0, 0.05) is 12.6 Å². The van der Waals surface area contributed by atoms with Gasteiger partial charge in [-0.2, -0.15) is 0 Å². The van der Waals surface area contributed by atoms with E-state index in [2.05, 4.69) is 66.7 Å². The molecule has 0 spiro atoms. The summed E-state index contributed by atoms with van der Waals surface area (Å²) in [4.78, 5) is 69.9. The lowest BCUT2D eigenvalue weighted by Crippen LogP contribution is -2.50. The van der Waals surface area contributed by atoms with Crippen molar-refractivity contribution < 1.29 is 28.7 Å². The number of nitrogens with one attached hydrogen (secondary N) is 4. The predicted octanol–water partition coefficient (Wildman–Crippen LogP) is 5.34. The van der Waals surface area contributed by atoms with Crippen molar-refractivity contribution in [2.24, 2.45) is 5.92 Å². The first-order valence-corrected chi connectivity index (χ1v) is 17.8. The highest BCUT2D eigenvalue weighted by molar-refractivity contribution is 5.87. The van der Waals surface area contributed by atoms with Gasteiger partial charge in [-0.25, -0.2) is 19.6 Å². The Hall–Kier alpha value is -5.66. The number of nitrogens with zero attached hydrogens (tertiary/aromatic N) is 4. The molecule has 1 aliphatic carbocycles. The highest BCUT2D eigenvalue weighted by atomic mass is 16.5. The number of rotatable bonds is 9. The quantitative estimate of drug-likeness (QED) is 0.180. The molecule has 3 aliphatic rings. The SMILES string of the molecule is COC(=O)NC(C)C(=O)N1CCC[C@H]1c1ncc(-c2ccc(-c3ccc(-c4cnc([C@H]5[C@H]6CC[C@@H](C6)N5C(=O)C(C)NC(=O)OC)[nH]4)cc3)cc2)[nH]1. The molecule has 3 fully saturated rings. The summed E-state index contributed by atoms with van der Waals surface area (Å²) in [5.41, 5.74) is 5.82. The van der Waals surface area contributed by atoms with Crippen LogP contribution in [-0.4, -0.2) is 92.6 Å². The van der Waals surface area contributed by atoms with Crippen LogP contribution in [0.3, 0.4) is 0 Å². The second-order valence-electron chi connectivity index (χ2n) is 13.8. The van der Waals surface area contributed by atoms with Gasteiger partial charge in [-0.15, -0.1) is 0 Å². The van der Waals surface area contributed by atoms with Crippen molar-refractivity contribution in [3.63, 3.8) is 0 Å². The highest BCUT2D eigenvalue weighted by Crippen LogP contribution is 2.50. The molecule has 0 radical (unpaired) electrons. The Balaban J connectivity index is 1.01. The van der Waals surface area contributed by atoms with Gasteiger partial charge in [0.2, 0.25) is 11.8 Å². The molecule has 4 N–H and O–H groups in total. The Kier molecular flexibility index (Phi) is 9.71. The van der Waals surface area contributed by atoms with Crippen LogP contribution in [0, 0.1) is 5.92 Å². The molecule has 2 aromatic heterocycles. The number of aromatic amines is 2. The maximum Gasteiger partial charge on any atom is 0.407 e. The van der Waals surface area contributed by atoms with Crippen molar-refractivity contribution in [2.45, 2.75) is 76.2 Å². The molecule has 1 saturated carbocycles. The zero-order chi connectivity index (χ0) is 36.5. The van der Waals surface area contributed by atoms with E-state index in [1.807, 2.05) is 23.2 Å². The van der Waals surface area contributed by atoms with Gasteiger partial charge >= 0.3 is 12.2 Å². The van der Waals surface area contributed by atoms with Crippen molar-refractivity contribution in [1.29, 1.82) is 0 Å². The molecule has 14 nitrogen and oxygen atoms in total. The molecular weight excluding hydrogens is 664 g/mol. The molecule has 6 atom stereocenters. The van der Waals surface area contributed by atoms with Crippen molar-refractivity contribution in [2.75, 3.05) is 20.8 Å². The number of fused-ring (bicyclic) bond motifs is 2. The third-order valence-corrected chi connectivity index (χ3v) is 10.7. The molecule has 2 unspecified atom stereocenters. The minimum Gasteiger partial charge on any atom is -0.453 e. The maximum absolute atomic E-state index is 13.4. The molecule has 272 valence electrons. The van der Waals surface area contributed by atoms with Crippen LogP contribution in [0.2, 0.25) is 0 Å². The molecule has 2 saturated heterocycles. The molecule has 14 heteroatoms. The number of carbonyl (C=O) groups excluding carboxylic acids is 4. The van der Waals surface area contributed by atoms with E-state index in [4.69, 9.17) is 9.72 Å². The van der Waals surface area contributed by atoms with Gasteiger partial charge in [-0.05, 0) is 74.1 Å². The molecule has 52 heavy (non-hydrogen) atoms. The Morgan fingerprint density at radius 3 is 1.83 bits per heavy atom. The number of aromatic nitrogens is 4. The molecule has 4 heterocycles. The summed E-state index contributed by atoms with van der Waals surface area (Å²) in [5, 5.41) is 5.17. The van der Waals surface area contributed by atoms with Gasteiger partial charge in [-0.3, -0.25) is 9.59 Å². The highest BCUT2D eigenvalue weighted by Gasteiger charge is 2.50. The third kappa shape index (κ3) is 6.72. The first-order valence-electron chi connectivity index (χ1n) is 17.8. The van der Waals surface area contributed by atoms with Crippen LogP contribution in [0.1, 0.15) is 69.7 Å². The number of imidazole rings is 2. The second kappa shape index (κ2) is 14.5. The van der Waals surface area contributed by atoms with Crippen molar-refractivity contribution >= 4 is 24.0 Å². The molecule has 4 aromatic rings. The fourth-order valence-electron chi connectivity index (χ4n) is 8.01. The Labute approximate surface area is 301 Å². The monoisotopic (exact) mass is 708 g/mol. The average molecular weight is 709 g/mol. The Bertz CT molecular complexity index is 1940. The van der Waals surface area contributed by atoms with Crippen LogP contribution in [0.25, 0.3) is 33.6 Å². The van der Waals surface area contributed by atoms with Gasteiger partial charge in [0.1, 0.15) is 23.7 Å². The number of likely N-dealkylation sites (tertiary alicyclic amines) is 2. The lowest BCUT2D eigenvalue weighted by atomic mass is 9.97. The number of hydrogen-bond donors (Lipinski definition) is 4. The van der Waals surface area contributed by atoms with E-state index in [9.17, 15) is 19.2 Å². The van der Waals surface area contributed by atoms with Gasteiger partial charge in [0.05, 0.1) is 50.1 Å². The molecule has 2 aromatic carbocycles. The number of alkyl carbamates (subject to hydrolysis) is 2. The van der Waals surface area contributed by atoms with E-state index >= 15 is 0 Å². The zero-order valence-electron chi connectivity index (χ0n) is 29.7. The molecule has 4 amide bonds. The summed E-state index contributed by atoms with van der Waals surface area (Å²) >= 11 is 0. The van der Waals surface area contributed by atoms with Gasteiger partial charge < -0.3 is 39.9 Å². The van der Waals surface area contributed by atoms with Gasteiger partial charge in [0.15, 0.2) is 0 Å². The predicted molar refractivity (Wildman–Crippen MR) is 191 cm³/mol. The van der Waals surface area contributed by atoms with Crippen molar-refractivity contribution in [3.8, 4) is 33.6 Å². The summed E-state index contributed by atoms with van der Waals surface area (Å²) < 4.78 is 9.34. The fourth-order valence-corrected chi connectivity index (χ4v) is 8.01. The second-order valence-corrected chi connectivity index (χ2v) is 13.8. The normalized spacial score (nSPS) is 21.8. The Morgan fingerprint density at radius 1 is 0.731 bits per heavy atom. The number of benzene rings is 2. The van der Waals surface area contributed by atoms with E-state index in [0.29, 0.717) is 12.5 Å². The fraction of sp³-hybridized carbons (Fsp3) is 0.421. The first kappa shape index (κ1) is 34.8. The van der Waals surface area contributed by atoms with E-state index in [1.165, 1.54) is 14.2 Å². The van der Waals surface area contributed by atoms with E-state index in [1.54, 1.807) is 24.9 Å². The summed E-state index contributed by atoms with van der Waals surface area (Å²) in [7, 11) is 2.56. The van der Waals surface area contributed by atoms with Crippen LogP contribution in [0.4, 0.5) is 9.59 Å². The topological polar surface area (TPSA) is 175 Å². The number of amides is 4. The van der Waals surface area contributed by atoms with E-state index in [0.717, 1.165) is 77.4 Å². The lowest BCUT2D eigenvalue weighted by molar-refractivity contribution is -0.137. The van der Waals surface area contributed by atoms with Crippen LogP contribution < -0.4 is 10.6 Å². The number of hydrogen-bond acceptors (Lipinski definition) is 8. The van der Waals surface area contributed by atoms with E-state index in [-0.39, 0.29) is 29.9 Å². The standard InChI is InChI=1S/C38H44N8O6/c1-21(41-37(49)51-3)35(47)45-17-5-6-31(45)33-39-19-29(43-33)25-11-7-23(8-12-25)24-9-13-26(14-10-24)30-20-40-34(44-30)32-27-15-16-28(18-27)46(32)36(48)22(2)42-38(50)52-4/h7-14,19-22,27-28,31-32H,5-6,15-18H2,1-4H3,(H,39,43)(H,40,44)(H,41,49)(H,42,50)/t21?,22?,27-,28-,31-,32+/m0/s1. The number of ether oxygens (including phenoxy) is 2. The van der Waals surface area contributed by atoms with Crippen molar-refractivity contribution in [3.05, 3.63) is 72.6 Å². The van der Waals surface area contributed by atoms with Crippen LogP contribution >= 0.6 is 0 Å². The number of piperidine rings is 1. The first-order chi connectivity index (χ1) is 25.1. The summed E-state index contributed by atoms with van der Waals surface area (Å²) in [5.74, 6) is 1.51. The van der Waals surface area contributed by atoms with Crippen molar-refractivity contribution in [1.82, 2.24) is 40.4 Å². The molecule has 2 bridgehead atoms. The van der Waals surface area contributed by atoms with E-state index < -0.39 is 24.3 Å². The van der Waals surface area contributed by atoms with Crippen LogP contribution in [0.5, 0.6) is 0 Å². The zero-order valence-corrected chi connectivity index (χ0v) is 29.7.